The van der Waals surface area contributed by atoms with E-state index in [9.17, 15) is 18.5 Å². The molecule has 0 amide bonds. The normalized spacial score (nSPS) is 23.3. The van der Waals surface area contributed by atoms with E-state index in [0.29, 0.717) is 12.3 Å². The largest absolute Gasteiger partial charge is 0.381 e. The number of sulfonamides is 1. The number of hydrogen-bond donors (Lipinski definition) is 2. The molecule has 138 valence electrons. The van der Waals surface area contributed by atoms with Gasteiger partial charge in [-0.05, 0) is 31.7 Å². The molecular weight excluding hydrogens is 346 g/mol. The third-order valence-electron chi connectivity index (χ3n) is 5.10. The van der Waals surface area contributed by atoms with Crippen molar-refractivity contribution in [3.05, 3.63) is 28.3 Å². The maximum atomic E-state index is 11.9. The number of rotatable bonds is 4. The van der Waals surface area contributed by atoms with Gasteiger partial charge in [0.05, 0.1) is 16.2 Å². The zero-order valence-corrected chi connectivity index (χ0v) is 14.8. The fourth-order valence-electron chi connectivity index (χ4n) is 3.89. The summed E-state index contributed by atoms with van der Waals surface area (Å²) in [6, 6.07) is 3.76. The van der Waals surface area contributed by atoms with Crippen LogP contribution in [0.25, 0.3) is 0 Å². The lowest BCUT2D eigenvalue weighted by Crippen LogP contribution is -2.45. The van der Waals surface area contributed by atoms with Gasteiger partial charge in [0.2, 0.25) is 10.0 Å². The Kier molecular flexibility index (Phi) is 4.99. The fraction of sp³-hybridized carbons (Fsp3) is 0.625. The number of nitrogens with one attached hydrogen (secondary N) is 1. The van der Waals surface area contributed by atoms with Crippen molar-refractivity contribution in [3.8, 4) is 0 Å². The van der Waals surface area contributed by atoms with Gasteiger partial charge in [-0.3, -0.25) is 10.1 Å². The van der Waals surface area contributed by atoms with Crippen molar-refractivity contribution in [3.63, 3.8) is 0 Å². The van der Waals surface area contributed by atoms with Gasteiger partial charge in [-0.2, -0.15) is 0 Å². The third-order valence-corrected chi connectivity index (χ3v) is 6.05. The van der Waals surface area contributed by atoms with Crippen LogP contribution in [0.3, 0.4) is 0 Å². The van der Waals surface area contributed by atoms with E-state index in [1.54, 1.807) is 0 Å². The van der Waals surface area contributed by atoms with Crippen LogP contribution in [0.2, 0.25) is 0 Å². The average molecular weight is 369 g/mol. The molecule has 2 fully saturated rings. The molecule has 9 heteroatoms. The van der Waals surface area contributed by atoms with E-state index in [1.807, 2.05) is 0 Å². The summed E-state index contributed by atoms with van der Waals surface area (Å²) in [6.45, 7) is 0.620. The lowest BCUT2D eigenvalue weighted by atomic mass is 9.78. The van der Waals surface area contributed by atoms with Crippen LogP contribution in [-0.2, 0) is 14.8 Å². The van der Waals surface area contributed by atoms with Crippen LogP contribution in [0.1, 0.15) is 44.9 Å². The molecule has 0 bridgehead atoms. The van der Waals surface area contributed by atoms with Gasteiger partial charge in [-0.1, -0.05) is 19.3 Å². The number of nitro benzene ring substituents is 1. The number of ether oxygens (including phenoxy) is 1. The summed E-state index contributed by atoms with van der Waals surface area (Å²) in [5, 5.41) is 19.4. The first-order valence-electron chi connectivity index (χ1n) is 8.51. The molecule has 1 aliphatic carbocycles. The average Bonchev–Trinajstić information content (AvgIpc) is 2.55. The van der Waals surface area contributed by atoms with Crippen LogP contribution < -0.4 is 10.5 Å². The van der Waals surface area contributed by atoms with Crippen LogP contribution in [0.5, 0.6) is 0 Å². The Morgan fingerprint density at radius 1 is 1.28 bits per heavy atom. The van der Waals surface area contributed by atoms with E-state index >= 15 is 0 Å². The van der Waals surface area contributed by atoms with Crippen LogP contribution in [-0.4, -0.2) is 31.6 Å². The Morgan fingerprint density at radius 3 is 2.64 bits per heavy atom. The predicted molar refractivity (Wildman–Crippen MR) is 92.9 cm³/mol. The first-order chi connectivity index (χ1) is 11.8. The molecule has 1 heterocycles. The molecule has 0 aromatic heterocycles. The Hall–Kier alpha value is -1.71. The van der Waals surface area contributed by atoms with Crippen LogP contribution in [0.15, 0.2) is 23.1 Å². The Bertz CT molecular complexity index is 754. The summed E-state index contributed by atoms with van der Waals surface area (Å²) >= 11 is 0. The lowest BCUT2D eigenvalue weighted by molar-refractivity contribution is -0.385. The highest BCUT2D eigenvalue weighted by Gasteiger charge is 2.38. The lowest BCUT2D eigenvalue weighted by Gasteiger charge is -2.44. The molecule has 0 radical (unpaired) electrons. The molecule has 1 aliphatic heterocycles. The number of anilines is 1. The zero-order valence-electron chi connectivity index (χ0n) is 13.9. The molecule has 25 heavy (non-hydrogen) atoms. The second kappa shape index (κ2) is 6.89. The highest BCUT2D eigenvalue weighted by atomic mass is 32.2. The van der Waals surface area contributed by atoms with E-state index in [1.165, 1.54) is 18.6 Å². The summed E-state index contributed by atoms with van der Waals surface area (Å²) in [4.78, 5) is 10.0. The van der Waals surface area contributed by atoms with Gasteiger partial charge >= 0.3 is 0 Å². The number of primary sulfonamides is 1. The van der Waals surface area contributed by atoms with E-state index in [0.717, 1.165) is 44.6 Å². The maximum Gasteiger partial charge on any atom is 0.270 e. The fourth-order valence-corrected chi connectivity index (χ4v) is 4.61. The standard InChI is InChI=1S/C16H23N3O5S/c17-25(22,23)15-10-13(19(20)21)4-5-14(15)18-12-6-9-24-16(11-12)7-2-1-3-8-16/h4-5,10,12,18H,1-3,6-9,11H2,(H2,17,22,23). The molecule has 1 atom stereocenters. The highest BCUT2D eigenvalue weighted by Crippen LogP contribution is 2.39. The van der Waals surface area contributed by atoms with Crippen LogP contribution in [0, 0.1) is 10.1 Å². The Labute approximate surface area is 146 Å². The van der Waals surface area contributed by atoms with E-state index in [-0.39, 0.29) is 22.2 Å². The summed E-state index contributed by atoms with van der Waals surface area (Å²) in [5.74, 6) is 0. The van der Waals surface area contributed by atoms with Gasteiger partial charge in [0.25, 0.3) is 5.69 Å². The topological polar surface area (TPSA) is 125 Å². The van der Waals surface area contributed by atoms with E-state index in [4.69, 9.17) is 9.88 Å². The predicted octanol–water partition coefficient (Wildman–Crippen LogP) is 2.54. The minimum atomic E-state index is -4.07. The summed E-state index contributed by atoms with van der Waals surface area (Å²) in [5.41, 5.74) is -0.118. The van der Waals surface area contributed by atoms with Crippen molar-refractivity contribution in [2.24, 2.45) is 5.14 Å². The molecule has 2 aliphatic rings. The highest BCUT2D eigenvalue weighted by molar-refractivity contribution is 7.89. The third kappa shape index (κ3) is 4.10. The number of benzene rings is 1. The number of nitrogens with two attached hydrogens (primary N) is 1. The molecule has 1 aromatic rings. The van der Waals surface area contributed by atoms with Gasteiger partial charge in [0, 0.05) is 24.8 Å². The molecular formula is C16H23N3O5S. The minimum Gasteiger partial charge on any atom is -0.381 e. The SMILES string of the molecule is NS(=O)(=O)c1cc([N+](=O)[O-])ccc1NC1CCOC2(CCCCC2)C1. The van der Waals surface area contributed by atoms with Crippen molar-refractivity contribution >= 4 is 21.4 Å². The molecule has 3 rings (SSSR count). The molecule has 1 saturated heterocycles. The molecule has 1 saturated carbocycles. The molecule has 1 spiro atoms. The maximum absolute atomic E-state index is 11.9. The molecule has 1 aromatic carbocycles. The molecule has 8 nitrogen and oxygen atoms in total. The van der Waals surface area contributed by atoms with Gasteiger partial charge in [0.15, 0.2) is 0 Å². The number of nitro groups is 1. The van der Waals surface area contributed by atoms with Gasteiger partial charge in [-0.25, -0.2) is 13.6 Å². The van der Waals surface area contributed by atoms with Crippen molar-refractivity contribution < 1.29 is 18.1 Å². The van der Waals surface area contributed by atoms with Crippen molar-refractivity contribution in [1.29, 1.82) is 0 Å². The Balaban J connectivity index is 1.83. The zero-order chi connectivity index (χ0) is 18.1. The monoisotopic (exact) mass is 369 g/mol. The second-order valence-electron chi connectivity index (χ2n) is 6.91. The van der Waals surface area contributed by atoms with E-state index in [2.05, 4.69) is 5.32 Å². The van der Waals surface area contributed by atoms with Gasteiger partial charge in [0.1, 0.15) is 4.90 Å². The van der Waals surface area contributed by atoms with Crippen LogP contribution >= 0.6 is 0 Å². The first-order valence-corrected chi connectivity index (χ1v) is 10.1. The Morgan fingerprint density at radius 2 is 2.00 bits per heavy atom. The minimum absolute atomic E-state index is 0.0498. The van der Waals surface area contributed by atoms with E-state index < -0.39 is 14.9 Å². The number of nitrogens with zero attached hydrogens (tertiary/aromatic N) is 1. The van der Waals surface area contributed by atoms with Crippen molar-refractivity contribution in [2.75, 3.05) is 11.9 Å². The second-order valence-corrected chi connectivity index (χ2v) is 8.44. The quantitative estimate of drug-likeness (QED) is 0.621. The van der Waals surface area contributed by atoms with Crippen LogP contribution in [0.4, 0.5) is 11.4 Å². The van der Waals surface area contributed by atoms with Crippen molar-refractivity contribution in [1.82, 2.24) is 0 Å². The molecule has 1 unspecified atom stereocenters. The summed E-state index contributed by atoms with van der Waals surface area (Å²) in [7, 11) is -4.07. The summed E-state index contributed by atoms with van der Waals surface area (Å²) < 4.78 is 29.8. The van der Waals surface area contributed by atoms with Gasteiger partial charge < -0.3 is 10.1 Å². The smallest absolute Gasteiger partial charge is 0.270 e. The number of non-ortho nitro benzene ring substituents is 1. The molecule has 3 N–H and O–H groups in total. The van der Waals surface area contributed by atoms with Gasteiger partial charge in [-0.15, -0.1) is 0 Å². The summed E-state index contributed by atoms with van der Waals surface area (Å²) in [6.07, 6.45) is 7.11. The number of hydrogen-bond acceptors (Lipinski definition) is 6. The first kappa shape index (κ1) is 18.1. The van der Waals surface area contributed by atoms with Crippen molar-refractivity contribution in [2.45, 2.75) is 61.5 Å².